The number of methoxy groups -OCH3 is 1. The highest BCUT2D eigenvalue weighted by atomic mass is 32.2. The standard InChI is InChI=1S/C20H25N3O6S2/c1-6-23(7-2)31(27,28)15-10-8-14(9-11-15)17(24)21-19-16(12(3)13(4)30-19)18(25)22-20(26)29-5/h8-11H,6-7H2,1-5H3,(H,21,24)(H,22,25,26). The smallest absolute Gasteiger partial charge is 0.413 e. The fraction of sp³-hybridized carbons (Fsp3) is 0.350. The van der Waals surface area contributed by atoms with E-state index in [0.29, 0.717) is 18.7 Å². The van der Waals surface area contributed by atoms with E-state index in [1.165, 1.54) is 39.9 Å². The van der Waals surface area contributed by atoms with Gasteiger partial charge in [-0.15, -0.1) is 11.3 Å². The summed E-state index contributed by atoms with van der Waals surface area (Å²) < 4.78 is 30.9. The molecular formula is C20H25N3O6S2. The molecule has 31 heavy (non-hydrogen) atoms. The molecule has 0 radical (unpaired) electrons. The lowest BCUT2D eigenvalue weighted by molar-refractivity contribution is 0.0937. The number of amides is 3. The molecule has 0 saturated heterocycles. The zero-order valence-corrected chi connectivity index (χ0v) is 19.6. The number of hydrogen-bond acceptors (Lipinski definition) is 7. The number of nitrogens with one attached hydrogen (secondary N) is 2. The van der Waals surface area contributed by atoms with Gasteiger partial charge in [0.15, 0.2) is 0 Å². The summed E-state index contributed by atoms with van der Waals surface area (Å²) in [6, 6.07) is 5.57. The third kappa shape index (κ3) is 5.30. The van der Waals surface area contributed by atoms with E-state index >= 15 is 0 Å². The first-order valence-corrected chi connectivity index (χ1v) is 11.7. The molecule has 0 aliphatic heterocycles. The Kier molecular flexibility index (Phi) is 7.93. The number of nitrogens with zero attached hydrogens (tertiary/aromatic N) is 1. The molecule has 1 aromatic heterocycles. The van der Waals surface area contributed by atoms with E-state index in [1.807, 2.05) is 0 Å². The fourth-order valence-corrected chi connectivity index (χ4v) is 5.37. The second-order valence-corrected chi connectivity index (χ2v) is 9.66. The summed E-state index contributed by atoms with van der Waals surface area (Å²) in [7, 11) is -2.49. The molecule has 9 nitrogen and oxygen atoms in total. The van der Waals surface area contributed by atoms with E-state index in [9.17, 15) is 22.8 Å². The number of anilines is 1. The SMILES string of the molecule is CCN(CC)S(=O)(=O)c1ccc(C(=O)Nc2sc(C)c(C)c2C(=O)NC(=O)OC)cc1. The number of carbonyl (C=O) groups is 3. The van der Waals surface area contributed by atoms with Crippen molar-refractivity contribution in [3.63, 3.8) is 0 Å². The minimum Gasteiger partial charge on any atom is -0.453 e. The van der Waals surface area contributed by atoms with Crippen LogP contribution in [0.25, 0.3) is 0 Å². The van der Waals surface area contributed by atoms with Crippen LogP contribution in [0.15, 0.2) is 29.2 Å². The lowest BCUT2D eigenvalue weighted by Gasteiger charge is -2.18. The highest BCUT2D eigenvalue weighted by molar-refractivity contribution is 7.89. The summed E-state index contributed by atoms with van der Waals surface area (Å²) in [5.41, 5.74) is 1.02. The maximum atomic E-state index is 12.7. The van der Waals surface area contributed by atoms with Crippen molar-refractivity contribution in [3.8, 4) is 0 Å². The number of imide groups is 1. The molecule has 0 bridgehead atoms. The van der Waals surface area contributed by atoms with Crippen molar-refractivity contribution >= 4 is 44.3 Å². The first-order chi connectivity index (χ1) is 14.6. The van der Waals surface area contributed by atoms with Crippen molar-refractivity contribution in [1.82, 2.24) is 9.62 Å². The maximum Gasteiger partial charge on any atom is 0.413 e. The average Bonchev–Trinajstić information content (AvgIpc) is 3.01. The van der Waals surface area contributed by atoms with Crippen molar-refractivity contribution in [3.05, 3.63) is 45.8 Å². The number of alkyl carbamates (subject to hydrolysis) is 1. The summed E-state index contributed by atoms with van der Waals surface area (Å²) in [6.45, 7) is 7.69. The monoisotopic (exact) mass is 467 g/mol. The van der Waals surface area contributed by atoms with Crippen LogP contribution in [0, 0.1) is 13.8 Å². The quantitative estimate of drug-likeness (QED) is 0.645. The second-order valence-electron chi connectivity index (χ2n) is 6.50. The van der Waals surface area contributed by atoms with E-state index in [1.54, 1.807) is 27.7 Å². The van der Waals surface area contributed by atoms with Crippen molar-refractivity contribution in [2.45, 2.75) is 32.6 Å². The number of rotatable bonds is 7. The molecule has 2 aromatic rings. The molecule has 11 heteroatoms. The number of ether oxygens (including phenoxy) is 1. The molecule has 0 fully saturated rings. The lowest BCUT2D eigenvalue weighted by Crippen LogP contribution is -2.31. The maximum absolute atomic E-state index is 12.7. The van der Waals surface area contributed by atoms with Crippen molar-refractivity contribution in [2.75, 3.05) is 25.5 Å². The molecule has 168 valence electrons. The van der Waals surface area contributed by atoms with E-state index in [4.69, 9.17) is 0 Å². The Morgan fingerprint density at radius 1 is 1.03 bits per heavy atom. The van der Waals surface area contributed by atoms with Crippen LogP contribution >= 0.6 is 11.3 Å². The minimum atomic E-state index is -3.63. The molecule has 0 aliphatic carbocycles. The van der Waals surface area contributed by atoms with E-state index < -0.39 is 27.9 Å². The van der Waals surface area contributed by atoms with Gasteiger partial charge in [-0.1, -0.05) is 13.8 Å². The van der Waals surface area contributed by atoms with Crippen LogP contribution in [-0.2, 0) is 14.8 Å². The van der Waals surface area contributed by atoms with Gasteiger partial charge in [-0.2, -0.15) is 4.31 Å². The van der Waals surface area contributed by atoms with Crippen molar-refractivity contribution in [1.29, 1.82) is 0 Å². The molecule has 0 unspecified atom stereocenters. The highest BCUT2D eigenvalue weighted by Gasteiger charge is 2.24. The van der Waals surface area contributed by atoms with E-state index in [0.717, 1.165) is 12.0 Å². The van der Waals surface area contributed by atoms with Gasteiger partial charge in [0.1, 0.15) is 5.00 Å². The number of sulfonamides is 1. The molecule has 0 aliphatic rings. The van der Waals surface area contributed by atoms with Gasteiger partial charge in [-0.25, -0.2) is 13.2 Å². The zero-order valence-electron chi connectivity index (χ0n) is 17.9. The van der Waals surface area contributed by atoms with Crippen LogP contribution < -0.4 is 10.6 Å². The number of aryl methyl sites for hydroxylation is 1. The molecule has 0 atom stereocenters. The third-order valence-electron chi connectivity index (χ3n) is 4.70. The van der Waals surface area contributed by atoms with Gasteiger partial charge in [-0.05, 0) is 43.7 Å². The Labute approximate surface area is 185 Å². The van der Waals surface area contributed by atoms with Crippen LogP contribution in [0.5, 0.6) is 0 Å². The molecule has 2 rings (SSSR count). The minimum absolute atomic E-state index is 0.0914. The molecular weight excluding hydrogens is 442 g/mol. The molecule has 2 N–H and O–H groups in total. The average molecular weight is 468 g/mol. The topological polar surface area (TPSA) is 122 Å². The first kappa shape index (κ1) is 24.5. The Hall–Kier alpha value is -2.76. The van der Waals surface area contributed by atoms with Gasteiger partial charge in [0, 0.05) is 23.5 Å². The molecule has 3 amide bonds. The summed E-state index contributed by atoms with van der Waals surface area (Å²) in [5, 5.41) is 5.03. The van der Waals surface area contributed by atoms with Gasteiger partial charge < -0.3 is 10.1 Å². The van der Waals surface area contributed by atoms with Gasteiger partial charge in [0.2, 0.25) is 10.0 Å². The fourth-order valence-electron chi connectivity index (χ4n) is 2.86. The number of benzene rings is 1. The van der Waals surface area contributed by atoms with Crippen LogP contribution in [0.1, 0.15) is 45.0 Å². The summed E-state index contributed by atoms with van der Waals surface area (Å²) in [4.78, 5) is 37.4. The Morgan fingerprint density at radius 3 is 2.13 bits per heavy atom. The van der Waals surface area contributed by atoms with Crippen LogP contribution in [0.4, 0.5) is 9.80 Å². The first-order valence-electron chi connectivity index (χ1n) is 9.47. The van der Waals surface area contributed by atoms with Crippen molar-refractivity contribution < 1.29 is 27.5 Å². The van der Waals surface area contributed by atoms with Gasteiger partial charge in [0.05, 0.1) is 17.6 Å². The number of hydrogen-bond donors (Lipinski definition) is 2. The second kappa shape index (κ2) is 10.0. The number of thiophene rings is 1. The van der Waals surface area contributed by atoms with Crippen molar-refractivity contribution in [2.24, 2.45) is 0 Å². The molecule has 0 spiro atoms. The Balaban J connectivity index is 2.28. The summed E-state index contributed by atoms with van der Waals surface area (Å²) >= 11 is 1.20. The van der Waals surface area contributed by atoms with E-state index in [2.05, 4.69) is 15.4 Å². The predicted molar refractivity (Wildman–Crippen MR) is 118 cm³/mol. The normalized spacial score (nSPS) is 11.3. The van der Waals surface area contributed by atoms with Gasteiger partial charge in [-0.3, -0.25) is 14.9 Å². The largest absolute Gasteiger partial charge is 0.453 e. The van der Waals surface area contributed by atoms with Gasteiger partial charge >= 0.3 is 6.09 Å². The summed E-state index contributed by atoms with van der Waals surface area (Å²) in [5.74, 6) is -1.20. The highest BCUT2D eigenvalue weighted by Crippen LogP contribution is 2.33. The van der Waals surface area contributed by atoms with Crippen LogP contribution in [0.3, 0.4) is 0 Å². The molecule has 1 aromatic carbocycles. The molecule has 0 saturated carbocycles. The Morgan fingerprint density at radius 2 is 1.61 bits per heavy atom. The van der Waals surface area contributed by atoms with Crippen LogP contribution in [-0.4, -0.2) is 50.8 Å². The predicted octanol–water partition coefficient (Wildman–Crippen LogP) is 3.14. The zero-order chi connectivity index (χ0) is 23.3. The summed E-state index contributed by atoms with van der Waals surface area (Å²) in [6.07, 6.45) is -0.907. The Bertz CT molecular complexity index is 1090. The lowest BCUT2D eigenvalue weighted by atomic mass is 10.1. The third-order valence-corrected chi connectivity index (χ3v) is 7.89. The molecule has 1 heterocycles. The number of carbonyl (C=O) groups excluding carboxylic acids is 3. The van der Waals surface area contributed by atoms with Gasteiger partial charge in [0.25, 0.3) is 11.8 Å². The van der Waals surface area contributed by atoms with E-state index in [-0.39, 0.29) is 21.0 Å². The van der Waals surface area contributed by atoms with Crippen LogP contribution in [0.2, 0.25) is 0 Å².